The molecule has 0 bridgehead atoms. The summed E-state index contributed by atoms with van der Waals surface area (Å²) in [7, 11) is 3.30. The number of nitrogens with zero attached hydrogens (tertiary/aromatic N) is 4. The Morgan fingerprint density at radius 2 is 1.47 bits per heavy atom. The molecule has 14 nitrogen and oxygen atoms in total. The van der Waals surface area contributed by atoms with Crippen LogP contribution < -0.4 is 0 Å². The van der Waals surface area contributed by atoms with Crippen LogP contribution in [0.1, 0.15) is 148 Å². The predicted octanol–water partition coefficient (Wildman–Crippen LogP) is 9.21. The van der Waals surface area contributed by atoms with Gasteiger partial charge in [0, 0.05) is 31.9 Å². The molecule has 3 unspecified atom stereocenters. The minimum Gasteiger partial charge on any atom is -0.462 e. The van der Waals surface area contributed by atoms with E-state index in [1.165, 1.54) is 57.8 Å². The van der Waals surface area contributed by atoms with Crippen LogP contribution in [0.15, 0.2) is 6.08 Å². The van der Waals surface area contributed by atoms with Gasteiger partial charge in [-0.2, -0.15) is 8.75 Å². The lowest BCUT2D eigenvalue weighted by molar-refractivity contribution is -0.944. The van der Waals surface area contributed by atoms with Gasteiger partial charge < -0.3 is 28.3 Å². The zero-order valence-corrected chi connectivity index (χ0v) is 38.1. The minimum atomic E-state index is -4.49. The van der Waals surface area contributed by atoms with Gasteiger partial charge in [-0.25, -0.2) is 9.36 Å². The summed E-state index contributed by atoms with van der Waals surface area (Å²) in [5, 5.41) is 0. The van der Waals surface area contributed by atoms with Crippen molar-refractivity contribution in [3.05, 3.63) is 17.5 Å². The summed E-state index contributed by atoms with van der Waals surface area (Å²) < 4.78 is 55.6. The summed E-state index contributed by atoms with van der Waals surface area (Å²) in [6.07, 6.45) is 19.2. The third-order valence-electron chi connectivity index (χ3n) is 10.3. The van der Waals surface area contributed by atoms with Crippen molar-refractivity contribution < 1.29 is 56.0 Å². The molecule has 0 saturated heterocycles. The van der Waals surface area contributed by atoms with Crippen molar-refractivity contribution >= 4 is 37.2 Å². The number of phosphoric ester groups is 1. The van der Waals surface area contributed by atoms with Crippen molar-refractivity contribution in [2.45, 2.75) is 155 Å². The first kappa shape index (κ1) is 51.2. The molecule has 57 heavy (non-hydrogen) atoms. The summed E-state index contributed by atoms with van der Waals surface area (Å²) in [4.78, 5) is 36.2. The van der Waals surface area contributed by atoms with Gasteiger partial charge in [0.1, 0.15) is 37.7 Å². The number of hydrogen-bond donors (Lipinski definition) is 1. The van der Waals surface area contributed by atoms with Gasteiger partial charge in [-0.3, -0.25) is 18.3 Å². The number of aromatic nitrogens is 2. The molecular weight excluding hydrogens is 772 g/mol. The number of ether oxygens (including phenoxy) is 4. The summed E-state index contributed by atoms with van der Waals surface area (Å²) in [5.74, 6) is -0.437. The van der Waals surface area contributed by atoms with Crippen LogP contribution in [0.4, 0.5) is 4.79 Å². The van der Waals surface area contributed by atoms with Crippen LogP contribution in [0.2, 0.25) is 0 Å². The number of esters is 1. The van der Waals surface area contributed by atoms with E-state index < -0.39 is 38.9 Å². The Kier molecular flexibility index (Phi) is 25.6. The summed E-state index contributed by atoms with van der Waals surface area (Å²) >= 11 is 1.16. The zero-order chi connectivity index (χ0) is 42.0. The number of phosphoric acid groups is 1. The van der Waals surface area contributed by atoms with Gasteiger partial charge in [0.2, 0.25) is 6.23 Å². The van der Waals surface area contributed by atoms with Crippen molar-refractivity contribution in [2.24, 2.45) is 0 Å². The molecule has 0 saturated carbocycles. The molecule has 4 atom stereocenters. The molecule has 330 valence electrons. The molecular formula is C41H77N4O10PS+2. The van der Waals surface area contributed by atoms with Gasteiger partial charge in [-0.1, -0.05) is 110 Å². The molecule has 0 aromatic carbocycles. The molecule has 0 spiro atoms. The third-order valence-corrected chi connectivity index (χ3v) is 11.9. The van der Waals surface area contributed by atoms with Gasteiger partial charge in [0.05, 0.1) is 59.7 Å². The van der Waals surface area contributed by atoms with Crippen molar-refractivity contribution in [1.29, 1.82) is 0 Å². The fourth-order valence-electron chi connectivity index (χ4n) is 6.45. The highest BCUT2D eigenvalue weighted by Crippen LogP contribution is 2.43. The number of carbonyl (C=O) groups is 2. The standard InChI is InChI=1S/C41H76N4O10PS/c1-8-10-12-13-14-15-16-17-18-19-20-21-22-26-39(46)51-32-37(33-53-56(48,49)52-30-28-44(4,5)6)55-41(47)54-35(3)45(7)27-24-25-36(31-45)40-38(42-57-43-40)34-50-29-23-11-9-2/h25,35,37H,8-24,26-34H2,1-7H3/q+1/p+1/t35-,37?,45?/m0/s1. The zero-order valence-electron chi connectivity index (χ0n) is 36.4. The highest BCUT2D eigenvalue weighted by molar-refractivity contribution is 7.47. The fraction of sp³-hybridized carbons (Fsp3) is 0.854. The predicted molar refractivity (Wildman–Crippen MR) is 224 cm³/mol. The first-order valence-electron chi connectivity index (χ1n) is 21.6. The van der Waals surface area contributed by atoms with Crippen molar-refractivity contribution in [2.75, 3.05) is 74.3 Å². The molecule has 0 fully saturated rings. The summed E-state index contributed by atoms with van der Waals surface area (Å²) in [6, 6.07) is 0. The van der Waals surface area contributed by atoms with E-state index in [0.29, 0.717) is 48.2 Å². The number of likely N-dealkylation sites (N-methyl/N-ethyl adjacent to an activating group) is 2. The highest BCUT2D eigenvalue weighted by atomic mass is 32.1. The number of quaternary nitrogens is 2. The van der Waals surface area contributed by atoms with Crippen LogP contribution in [0.5, 0.6) is 0 Å². The van der Waals surface area contributed by atoms with Gasteiger partial charge in [-0.15, -0.1) is 0 Å². The Balaban J connectivity index is 1.88. The van der Waals surface area contributed by atoms with Gasteiger partial charge in [-0.05, 0) is 12.8 Å². The van der Waals surface area contributed by atoms with E-state index in [-0.39, 0.29) is 19.6 Å². The molecule has 2 rings (SSSR count). The Morgan fingerprint density at radius 3 is 2.11 bits per heavy atom. The van der Waals surface area contributed by atoms with Gasteiger partial charge in [0.25, 0.3) is 0 Å². The van der Waals surface area contributed by atoms with Crippen LogP contribution in [0, 0.1) is 0 Å². The molecule has 16 heteroatoms. The van der Waals surface area contributed by atoms with E-state index in [2.05, 4.69) is 28.7 Å². The monoisotopic (exact) mass is 849 g/mol. The smallest absolute Gasteiger partial charge is 0.462 e. The third kappa shape index (κ3) is 23.4. The van der Waals surface area contributed by atoms with Crippen molar-refractivity contribution in [3.8, 4) is 0 Å². The van der Waals surface area contributed by atoms with E-state index in [1.807, 2.05) is 28.2 Å². The summed E-state index contributed by atoms with van der Waals surface area (Å²) in [6.45, 7) is 8.07. The maximum atomic E-state index is 13.2. The molecule has 1 aliphatic rings. The van der Waals surface area contributed by atoms with E-state index in [4.69, 9.17) is 28.0 Å². The molecule has 1 aromatic heterocycles. The largest absolute Gasteiger partial charge is 0.513 e. The van der Waals surface area contributed by atoms with Gasteiger partial charge >= 0.3 is 19.9 Å². The second-order valence-electron chi connectivity index (χ2n) is 16.7. The molecule has 0 aliphatic carbocycles. The first-order valence-corrected chi connectivity index (χ1v) is 23.8. The highest BCUT2D eigenvalue weighted by Gasteiger charge is 2.37. The SMILES string of the molecule is CCCCCCCCCCCCCCCC(=O)OCC(COP(=O)(O)OCC[N+](C)(C)C)OC(=O)O[C@@H](C)[N+]1(C)CCC=C(c2nsnc2COCCCCC)C1. The van der Waals surface area contributed by atoms with Crippen molar-refractivity contribution in [3.63, 3.8) is 0 Å². The topological polar surface area (TPSA) is 153 Å². The fourth-order valence-corrected chi connectivity index (χ4v) is 7.78. The van der Waals surface area contributed by atoms with Gasteiger partial charge in [0.15, 0.2) is 6.10 Å². The molecule has 0 radical (unpaired) electrons. The normalized spacial score (nSPS) is 18.1. The average Bonchev–Trinajstić information content (AvgIpc) is 3.62. The minimum absolute atomic E-state index is 0.0200. The van der Waals surface area contributed by atoms with Crippen LogP contribution in [-0.4, -0.2) is 121 Å². The molecule has 1 aromatic rings. The quantitative estimate of drug-likeness (QED) is 0.0311. The number of rotatable bonds is 33. The number of hydrogen-bond acceptors (Lipinski definition) is 12. The van der Waals surface area contributed by atoms with E-state index >= 15 is 0 Å². The maximum absolute atomic E-state index is 13.2. The summed E-state index contributed by atoms with van der Waals surface area (Å²) in [5.41, 5.74) is 2.63. The van der Waals surface area contributed by atoms with Crippen molar-refractivity contribution in [1.82, 2.24) is 8.75 Å². The van der Waals surface area contributed by atoms with Crippen LogP contribution in [0.3, 0.4) is 0 Å². The van der Waals surface area contributed by atoms with E-state index in [1.54, 1.807) is 6.92 Å². The number of carbonyl (C=O) groups excluding carboxylic acids is 2. The molecule has 1 aliphatic heterocycles. The van der Waals surface area contributed by atoms with Crippen LogP contribution in [0.25, 0.3) is 5.57 Å². The van der Waals surface area contributed by atoms with E-state index in [0.717, 1.165) is 73.6 Å². The van der Waals surface area contributed by atoms with Crippen LogP contribution in [-0.2, 0) is 44.0 Å². The molecule has 1 N–H and O–H groups in total. The molecule has 2 heterocycles. The Hall–Kier alpha value is -1.97. The average molecular weight is 849 g/mol. The Morgan fingerprint density at radius 1 is 0.860 bits per heavy atom. The maximum Gasteiger partial charge on any atom is 0.513 e. The lowest BCUT2D eigenvalue weighted by Gasteiger charge is -2.41. The first-order chi connectivity index (χ1) is 27.2. The second-order valence-corrected chi connectivity index (χ2v) is 18.7. The number of unbranched alkanes of at least 4 members (excludes halogenated alkanes) is 14. The van der Waals surface area contributed by atoms with E-state index in [9.17, 15) is 19.0 Å². The Labute approximate surface area is 348 Å². The van der Waals surface area contributed by atoms with Crippen LogP contribution >= 0.6 is 19.6 Å². The molecule has 0 amide bonds. The lowest BCUT2D eigenvalue weighted by Crippen LogP contribution is -2.55. The lowest BCUT2D eigenvalue weighted by atomic mass is 10.0. The second kappa shape index (κ2) is 28.5. The Bertz CT molecular complexity index is 1340.